The van der Waals surface area contributed by atoms with Crippen LogP contribution < -0.4 is 5.73 Å². The fourth-order valence-corrected chi connectivity index (χ4v) is 1.64. The van der Waals surface area contributed by atoms with Crippen LogP contribution in [0.25, 0.3) is 0 Å². The Kier molecular flexibility index (Phi) is 4.66. The van der Waals surface area contributed by atoms with E-state index in [1.807, 2.05) is 0 Å². The molecule has 1 amide bonds. The topological polar surface area (TPSA) is 46.3 Å². The smallest absolute Gasteiger partial charge is 0.254 e. The van der Waals surface area contributed by atoms with E-state index in [2.05, 4.69) is 13.2 Å². The molecule has 96 valence electrons. The number of nitrogen functional groups attached to an aromatic ring is 1. The SMILES string of the molecule is C=CCN(CC=C)C(=O)c1cc(N)c(F)cc1C. The zero-order chi connectivity index (χ0) is 13.7. The molecule has 0 unspecified atom stereocenters. The number of benzene rings is 1. The van der Waals surface area contributed by atoms with Gasteiger partial charge in [-0.1, -0.05) is 12.2 Å². The van der Waals surface area contributed by atoms with E-state index < -0.39 is 5.82 Å². The summed E-state index contributed by atoms with van der Waals surface area (Å²) in [6.45, 7) is 9.69. The molecule has 0 radical (unpaired) electrons. The molecular formula is C14H17FN2O. The summed E-state index contributed by atoms with van der Waals surface area (Å²) < 4.78 is 13.2. The van der Waals surface area contributed by atoms with Crippen molar-refractivity contribution >= 4 is 11.6 Å². The van der Waals surface area contributed by atoms with Crippen molar-refractivity contribution in [3.8, 4) is 0 Å². The summed E-state index contributed by atoms with van der Waals surface area (Å²) in [7, 11) is 0. The largest absolute Gasteiger partial charge is 0.396 e. The molecule has 0 atom stereocenters. The molecule has 0 saturated heterocycles. The third kappa shape index (κ3) is 2.97. The summed E-state index contributed by atoms with van der Waals surface area (Å²) in [6, 6.07) is 2.63. The van der Waals surface area contributed by atoms with Crippen LogP contribution in [0, 0.1) is 12.7 Å². The second-order valence-corrected chi connectivity index (χ2v) is 3.98. The van der Waals surface area contributed by atoms with Gasteiger partial charge in [-0.25, -0.2) is 4.39 Å². The summed E-state index contributed by atoms with van der Waals surface area (Å²) in [6.07, 6.45) is 3.26. The Labute approximate surface area is 106 Å². The molecular weight excluding hydrogens is 231 g/mol. The fraction of sp³-hybridized carbons (Fsp3) is 0.214. The van der Waals surface area contributed by atoms with Crippen LogP contribution in [0.1, 0.15) is 15.9 Å². The standard InChI is InChI=1S/C14H17FN2O/c1-4-6-17(7-5-2)14(18)11-9-13(16)12(15)8-10(11)3/h4-5,8-9H,1-2,6-7,16H2,3H3. The number of amides is 1. The van der Waals surface area contributed by atoms with Crippen molar-refractivity contribution < 1.29 is 9.18 Å². The zero-order valence-electron chi connectivity index (χ0n) is 10.4. The lowest BCUT2D eigenvalue weighted by Crippen LogP contribution is -2.31. The van der Waals surface area contributed by atoms with E-state index in [9.17, 15) is 9.18 Å². The maximum Gasteiger partial charge on any atom is 0.254 e. The van der Waals surface area contributed by atoms with Crippen molar-refractivity contribution in [1.82, 2.24) is 4.90 Å². The van der Waals surface area contributed by atoms with Crippen LogP contribution in [0.5, 0.6) is 0 Å². The third-order valence-corrected chi connectivity index (χ3v) is 2.56. The Balaban J connectivity index is 3.11. The lowest BCUT2D eigenvalue weighted by Gasteiger charge is -2.20. The van der Waals surface area contributed by atoms with Gasteiger partial charge in [0.2, 0.25) is 0 Å². The van der Waals surface area contributed by atoms with Crippen molar-refractivity contribution in [3.05, 3.63) is 54.4 Å². The van der Waals surface area contributed by atoms with Crippen molar-refractivity contribution in [2.24, 2.45) is 0 Å². The fourth-order valence-electron chi connectivity index (χ4n) is 1.64. The molecule has 0 aromatic heterocycles. The minimum absolute atomic E-state index is 0.0268. The number of anilines is 1. The average Bonchev–Trinajstić information content (AvgIpc) is 2.33. The molecule has 0 bridgehead atoms. The van der Waals surface area contributed by atoms with Crippen molar-refractivity contribution in [2.45, 2.75) is 6.92 Å². The normalized spacial score (nSPS) is 9.89. The highest BCUT2D eigenvalue weighted by molar-refractivity contribution is 5.96. The van der Waals surface area contributed by atoms with E-state index >= 15 is 0 Å². The van der Waals surface area contributed by atoms with Gasteiger partial charge in [0.1, 0.15) is 5.82 Å². The first kappa shape index (κ1) is 14.0. The number of carbonyl (C=O) groups is 1. The van der Waals surface area contributed by atoms with Crippen LogP contribution in [-0.2, 0) is 0 Å². The van der Waals surface area contributed by atoms with Crippen LogP contribution in [0.2, 0.25) is 0 Å². The molecule has 1 aromatic carbocycles. The molecule has 0 fully saturated rings. The molecule has 18 heavy (non-hydrogen) atoms. The van der Waals surface area contributed by atoms with Crippen LogP contribution in [-0.4, -0.2) is 23.9 Å². The van der Waals surface area contributed by atoms with E-state index in [4.69, 9.17) is 5.73 Å². The van der Waals surface area contributed by atoms with Gasteiger partial charge in [0, 0.05) is 18.7 Å². The lowest BCUT2D eigenvalue weighted by molar-refractivity contribution is 0.0790. The van der Waals surface area contributed by atoms with Gasteiger partial charge in [0.25, 0.3) is 5.91 Å². The average molecular weight is 248 g/mol. The Morgan fingerprint density at radius 1 is 1.39 bits per heavy atom. The number of hydrogen-bond donors (Lipinski definition) is 1. The van der Waals surface area contributed by atoms with E-state index in [0.29, 0.717) is 24.2 Å². The highest BCUT2D eigenvalue weighted by Crippen LogP contribution is 2.18. The maximum atomic E-state index is 13.2. The van der Waals surface area contributed by atoms with E-state index in [0.717, 1.165) is 0 Å². The predicted octanol–water partition coefficient (Wildman–Crippen LogP) is 2.53. The van der Waals surface area contributed by atoms with Crippen LogP contribution >= 0.6 is 0 Å². The number of carbonyl (C=O) groups excluding carboxylic acids is 1. The van der Waals surface area contributed by atoms with E-state index in [1.54, 1.807) is 24.0 Å². The Bertz CT molecular complexity index is 473. The van der Waals surface area contributed by atoms with Gasteiger partial charge in [-0.3, -0.25) is 4.79 Å². The minimum atomic E-state index is -0.511. The van der Waals surface area contributed by atoms with Gasteiger partial charge in [0.15, 0.2) is 0 Å². The lowest BCUT2D eigenvalue weighted by atomic mass is 10.1. The van der Waals surface area contributed by atoms with Crippen molar-refractivity contribution in [2.75, 3.05) is 18.8 Å². The molecule has 3 nitrogen and oxygen atoms in total. The zero-order valence-corrected chi connectivity index (χ0v) is 10.4. The number of nitrogens with two attached hydrogens (primary N) is 1. The molecule has 1 rings (SSSR count). The van der Waals surface area contributed by atoms with Gasteiger partial charge in [-0.2, -0.15) is 0 Å². The van der Waals surface area contributed by atoms with E-state index in [-0.39, 0.29) is 11.6 Å². The van der Waals surface area contributed by atoms with Gasteiger partial charge in [-0.15, -0.1) is 13.2 Å². The molecule has 0 aliphatic heterocycles. The molecule has 0 spiro atoms. The number of aryl methyl sites for hydroxylation is 1. The molecule has 2 N–H and O–H groups in total. The van der Waals surface area contributed by atoms with Gasteiger partial charge in [-0.05, 0) is 24.6 Å². The number of hydrogen-bond acceptors (Lipinski definition) is 2. The minimum Gasteiger partial charge on any atom is -0.396 e. The monoisotopic (exact) mass is 248 g/mol. The van der Waals surface area contributed by atoms with Crippen molar-refractivity contribution in [3.63, 3.8) is 0 Å². The quantitative estimate of drug-likeness (QED) is 0.643. The summed E-state index contributed by atoms with van der Waals surface area (Å²) in [5.41, 5.74) is 6.42. The Morgan fingerprint density at radius 3 is 2.44 bits per heavy atom. The highest BCUT2D eigenvalue weighted by Gasteiger charge is 2.17. The van der Waals surface area contributed by atoms with Gasteiger partial charge in [0.05, 0.1) is 5.69 Å². The second kappa shape index (κ2) is 6.00. The van der Waals surface area contributed by atoms with Crippen molar-refractivity contribution in [1.29, 1.82) is 0 Å². The van der Waals surface area contributed by atoms with Crippen LogP contribution in [0.3, 0.4) is 0 Å². The summed E-state index contributed by atoms with van der Waals surface area (Å²) >= 11 is 0. The molecule has 4 heteroatoms. The summed E-state index contributed by atoms with van der Waals surface area (Å²) in [5, 5.41) is 0. The number of rotatable bonds is 5. The first-order valence-corrected chi connectivity index (χ1v) is 5.58. The molecule has 1 aromatic rings. The summed E-state index contributed by atoms with van der Waals surface area (Å²) in [4.78, 5) is 13.8. The third-order valence-electron chi connectivity index (χ3n) is 2.56. The first-order chi connectivity index (χ1) is 8.51. The van der Waals surface area contributed by atoms with E-state index in [1.165, 1.54) is 12.1 Å². The summed E-state index contributed by atoms with van der Waals surface area (Å²) in [5.74, 6) is -0.720. The van der Waals surface area contributed by atoms with Crippen LogP contribution in [0.4, 0.5) is 10.1 Å². The first-order valence-electron chi connectivity index (χ1n) is 5.58. The van der Waals surface area contributed by atoms with Gasteiger partial charge < -0.3 is 10.6 Å². The Morgan fingerprint density at radius 2 is 1.94 bits per heavy atom. The molecule has 0 heterocycles. The maximum absolute atomic E-state index is 13.2. The molecule has 0 saturated carbocycles. The molecule has 0 aliphatic carbocycles. The number of nitrogens with zero attached hydrogens (tertiary/aromatic N) is 1. The number of halogens is 1. The Hall–Kier alpha value is -2.10. The second-order valence-electron chi connectivity index (χ2n) is 3.98. The van der Waals surface area contributed by atoms with Crippen LogP contribution in [0.15, 0.2) is 37.4 Å². The predicted molar refractivity (Wildman–Crippen MR) is 71.8 cm³/mol. The molecule has 0 aliphatic rings. The van der Waals surface area contributed by atoms with Gasteiger partial charge >= 0.3 is 0 Å². The highest BCUT2D eigenvalue weighted by atomic mass is 19.1.